The van der Waals surface area contributed by atoms with Gasteiger partial charge in [0.15, 0.2) is 0 Å². The van der Waals surface area contributed by atoms with Gasteiger partial charge >= 0.3 is 12.3 Å². The molecule has 1 aliphatic rings. The number of carboxylic acids is 1. The largest absolute Gasteiger partial charge is 0.522 e. The molecular weight excluding hydrogens is 950 g/mol. The Balaban J connectivity index is 1.12. The molecule has 0 unspecified atom stereocenters. The van der Waals surface area contributed by atoms with Gasteiger partial charge < -0.3 is 63.5 Å². The summed E-state index contributed by atoms with van der Waals surface area (Å²) in [6.07, 6.45) is 0.678. The monoisotopic (exact) mass is 1020 g/mol. The average Bonchev–Trinajstić information content (AvgIpc) is 3.51. The highest BCUT2D eigenvalue weighted by Gasteiger charge is 2.29. The molecule has 400 valence electrons. The zero-order chi connectivity index (χ0) is 51.2. The third-order valence-electron chi connectivity index (χ3n) is 9.28. The summed E-state index contributed by atoms with van der Waals surface area (Å²) in [6.45, 7) is 8.65. The van der Waals surface area contributed by atoms with Gasteiger partial charge in [0.1, 0.15) is 11.7 Å². The van der Waals surface area contributed by atoms with Gasteiger partial charge in [-0.15, -0.1) is 13.2 Å². The summed E-state index contributed by atoms with van der Waals surface area (Å²) >= 11 is 0. The molecule has 25 heteroatoms. The Morgan fingerprint density at radius 1 is 0.662 bits per heavy atom. The quantitative estimate of drug-likeness (QED) is 0.0636. The Morgan fingerprint density at radius 3 is 1.58 bits per heavy atom. The van der Waals surface area contributed by atoms with Crippen LogP contribution >= 0.6 is 0 Å². The number of aromatic nitrogens is 2. The van der Waals surface area contributed by atoms with Crippen molar-refractivity contribution >= 4 is 35.4 Å². The summed E-state index contributed by atoms with van der Waals surface area (Å²) in [4.78, 5) is 54.6. The average molecular weight is 1020 g/mol. The number of halogens is 3. The highest BCUT2D eigenvalue weighted by atomic mass is 19.4. The molecule has 1 aromatic carbocycles. The summed E-state index contributed by atoms with van der Waals surface area (Å²) in [6, 6.07) is 5.34. The van der Waals surface area contributed by atoms with E-state index in [4.69, 9.17) is 63.0 Å². The third-order valence-corrected chi connectivity index (χ3v) is 9.28. The molecule has 3 rings (SSSR count). The number of hydrogen-bond acceptors (Lipinski definition) is 19. The Labute approximate surface area is 411 Å². The fourth-order valence-electron chi connectivity index (χ4n) is 5.87. The predicted octanol–water partition coefficient (Wildman–Crippen LogP) is 3.27. The smallest absolute Gasteiger partial charge is 0.481 e. The molecule has 1 aliphatic heterocycles. The van der Waals surface area contributed by atoms with E-state index in [1.165, 1.54) is 0 Å². The number of hydroxylamine groups is 2. The van der Waals surface area contributed by atoms with Gasteiger partial charge in [-0.3, -0.25) is 24.0 Å². The number of carbonyl (C=O) groups is 3. The number of hydrogen-bond donors (Lipinski definition) is 3. The van der Waals surface area contributed by atoms with Crippen LogP contribution in [0.25, 0.3) is 17.2 Å². The predicted molar refractivity (Wildman–Crippen MR) is 248 cm³/mol. The Bertz CT molecular complexity index is 1850. The number of aliphatic imine (C=N–C) groups is 1. The van der Waals surface area contributed by atoms with Crippen LogP contribution in [-0.2, 0) is 77.9 Å². The molecule has 0 bridgehead atoms. The molecule has 2 heterocycles. The van der Waals surface area contributed by atoms with Crippen molar-refractivity contribution in [3.05, 3.63) is 47.6 Å². The lowest BCUT2D eigenvalue weighted by Crippen LogP contribution is -2.35. The second-order valence-corrected chi connectivity index (χ2v) is 14.9. The van der Waals surface area contributed by atoms with Crippen molar-refractivity contribution in [1.29, 1.82) is 0 Å². The molecule has 0 atom stereocenters. The molecule has 0 saturated carbocycles. The molecule has 2 aromatic rings. The molecule has 0 radical (unpaired) electrons. The van der Waals surface area contributed by atoms with E-state index in [0.29, 0.717) is 148 Å². The lowest BCUT2D eigenvalue weighted by atomic mass is 10.0. The number of fused-ring (bicyclic) bond motifs is 1. The number of nitrogens with two attached hydrogens (primary N) is 1. The van der Waals surface area contributed by atoms with Gasteiger partial charge in [-0.25, -0.2) is 20.0 Å². The summed E-state index contributed by atoms with van der Waals surface area (Å²) in [5.41, 5.74) is 8.93. The van der Waals surface area contributed by atoms with Crippen LogP contribution in [0.2, 0.25) is 0 Å². The first-order valence-corrected chi connectivity index (χ1v) is 23.4. The van der Waals surface area contributed by atoms with E-state index >= 15 is 0 Å². The highest BCUT2D eigenvalue weighted by Crippen LogP contribution is 2.32. The number of rotatable bonds is 43. The van der Waals surface area contributed by atoms with E-state index in [-0.39, 0.29) is 62.9 Å². The maximum absolute atomic E-state index is 13.3. The van der Waals surface area contributed by atoms with Crippen molar-refractivity contribution in [3.63, 3.8) is 0 Å². The number of nitrogens with zero attached hydrogens (tertiary/aromatic N) is 4. The van der Waals surface area contributed by atoms with E-state index in [9.17, 15) is 27.6 Å². The van der Waals surface area contributed by atoms with Crippen LogP contribution < -0.4 is 11.1 Å². The number of amides is 2. The van der Waals surface area contributed by atoms with Crippen LogP contribution in [-0.4, -0.2) is 202 Å². The van der Waals surface area contributed by atoms with Crippen LogP contribution in [0.3, 0.4) is 0 Å². The Morgan fingerprint density at radius 2 is 1.13 bits per heavy atom. The SMILES string of the molecule is CCCN(OCCOC(F)(F)F)C(=O)C1=Cc2ccc(-c3cnc(CNC(=O)CCOCCOCCOCCOCCOCCOCCOCCOCCOCCOCCC(=O)O)nc3)cc2N=C(N)C1. The molecule has 0 saturated heterocycles. The van der Waals surface area contributed by atoms with Crippen molar-refractivity contribution in [1.82, 2.24) is 20.3 Å². The first-order valence-electron chi connectivity index (χ1n) is 23.4. The standard InChI is InChI=1S/C46H69F3N6O16/c1-2-7-55(71-29-28-70-46(47,48)49)45(59)38-30-37-4-3-36(31-40(37)54-41(50)32-38)39-33-51-42(52-34-39)35-53-43(56)5-8-60-10-12-62-14-16-64-18-20-66-22-24-68-26-27-69-25-23-67-21-19-65-17-15-63-13-11-61-9-6-44(57)58/h3-4,30-31,33-34H,2,5-29,32,35H2,1H3,(H2,50,54)(H,53,56)(H,57,58). The number of carbonyl (C=O) groups excluding carboxylic acids is 2. The number of aliphatic carboxylic acids is 1. The molecule has 0 fully saturated rings. The maximum Gasteiger partial charge on any atom is 0.522 e. The van der Waals surface area contributed by atoms with Crippen molar-refractivity contribution in [2.45, 2.75) is 45.5 Å². The molecular formula is C46H69F3N6O16. The normalized spacial score (nSPS) is 12.6. The van der Waals surface area contributed by atoms with Gasteiger partial charge in [0.05, 0.1) is 164 Å². The number of nitrogens with one attached hydrogen (secondary N) is 1. The molecule has 71 heavy (non-hydrogen) atoms. The zero-order valence-corrected chi connectivity index (χ0v) is 40.3. The molecule has 0 spiro atoms. The van der Waals surface area contributed by atoms with Crippen LogP contribution in [0.1, 0.15) is 44.0 Å². The van der Waals surface area contributed by atoms with Crippen molar-refractivity contribution < 1.29 is 89.6 Å². The lowest BCUT2D eigenvalue weighted by Gasteiger charge is -2.22. The van der Waals surface area contributed by atoms with Gasteiger partial charge in [0.2, 0.25) is 5.91 Å². The number of amidine groups is 1. The van der Waals surface area contributed by atoms with Gasteiger partial charge in [-0.2, -0.15) is 0 Å². The first-order chi connectivity index (χ1) is 34.4. The Hall–Kier alpha value is -4.77. The summed E-state index contributed by atoms with van der Waals surface area (Å²) < 4.78 is 95.0. The summed E-state index contributed by atoms with van der Waals surface area (Å²) in [5, 5.41) is 12.3. The van der Waals surface area contributed by atoms with Crippen LogP contribution in [0.5, 0.6) is 0 Å². The van der Waals surface area contributed by atoms with E-state index in [1.807, 2.05) is 0 Å². The van der Waals surface area contributed by atoms with E-state index in [2.05, 4.69) is 25.0 Å². The Kier molecular flexibility index (Phi) is 32.3. The second-order valence-electron chi connectivity index (χ2n) is 14.9. The van der Waals surface area contributed by atoms with E-state index in [0.717, 1.165) is 10.6 Å². The van der Waals surface area contributed by atoms with Crippen molar-refractivity contribution in [3.8, 4) is 11.1 Å². The molecule has 1 aromatic heterocycles. The molecule has 2 amide bonds. The van der Waals surface area contributed by atoms with Crippen LogP contribution in [0, 0.1) is 0 Å². The van der Waals surface area contributed by atoms with Crippen molar-refractivity contribution in [2.75, 3.05) is 152 Å². The fraction of sp³-hybridized carbons (Fsp3) is 0.652. The molecule has 22 nitrogen and oxygen atoms in total. The van der Waals surface area contributed by atoms with E-state index < -0.39 is 31.5 Å². The number of carboxylic acid groups (broad SMARTS) is 1. The zero-order valence-electron chi connectivity index (χ0n) is 40.3. The minimum atomic E-state index is -4.80. The lowest BCUT2D eigenvalue weighted by molar-refractivity contribution is -0.330. The minimum absolute atomic E-state index is 0.00126. The highest BCUT2D eigenvalue weighted by molar-refractivity contribution is 6.05. The molecule has 4 N–H and O–H groups in total. The van der Waals surface area contributed by atoms with Crippen molar-refractivity contribution in [2.24, 2.45) is 10.7 Å². The van der Waals surface area contributed by atoms with Crippen LogP contribution in [0.15, 0.2) is 41.2 Å². The van der Waals surface area contributed by atoms with Gasteiger partial charge in [-0.1, -0.05) is 19.1 Å². The molecule has 0 aliphatic carbocycles. The van der Waals surface area contributed by atoms with Gasteiger partial charge in [0, 0.05) is 48.5 Å². The first kappa shape index (κ1) is 60.5. The second kappa shape index (κ2) is 37.9. The fourth-order valence-corrected chi connectivity index (χ4v) is 5.87. The van der Waals surface area contributed by atoms with Crippen LogP contribution in [0.4, 0.5) is 18.9 Å². The topological polar surface area (TPSA) is 262 Å². The number of benzene rings is 1. The third kappa shape index (κ3) is 30.0. The summed E-state index contributed by atoms with van der Waals surface area (Å²) in [7, 11) is 0. The van der Waals surface area contributed by atoms with Gasteiger partial charge in [-0.05, 0) is 24.1 Å². The van der Waals surface area contributed by atoms with Gasteiger partial charge in [0.25, 0.3) is 5.91 Å². The van der Waals surface area contributed by atoms with E-state index in [1.54, 1.807) is 43.6 Å². The number of ether oxygens (including phenoxy) is 11. The summed E-state index contributed by atoms with van der Waals surface area (Å²) in [5.74, 6) is -1.10. The number of alkyl halides is 3. The minimum Gasteiger partial charge on any atom is -0.481 e. The maximum atomic E-state index is 13.3.